The molecule has 1 aliphatic rings. The lowest BCUT2D eigenvalue weighted by Gasteiger charge is -2.27. The predicted octanol–water partition coefficient (Wildman–Crippen LogP) is 4.74. The van der Waals surface area contributed by atoms with Crippen LogP contribution in [0.15, 0.2) is 42.5 Å². The average Bonchev–Trinajstić information content (AvgIpc) is 3.03. The van der Waals surface area contributed by atoms with Crippen molar-refractivity contribution < 1.29 is 0 Å². The number of fused-ring (bicyclic) bond motifs is 2. The third-order valence-corrected chi connectivity index (χ3v) is 5.48. The lowest BCUT2D eigenvalue weighted by molar-refractivity contribution is 0.744. The van der Waals surface area contributed by atoms with Gasteiger partial charge >= 0.3 is 0 Å². The molecule has 1 aliphatic heterocycles. The van der Waals surface area contributed by atoms with Gasteiger partial charge in [-0.25, -0.2) is 4.98 Å². The molecule has 2 heterocycles. The Balaban J connectivity index is 1.74. The van der Waals surface area contributed by atoms with Gasteiger partial charge in [0.05, 0.1) is 15.8 Å². The van der Waals surface area contributed by atoms with E-state index in [0.29, 0.717) is 5.57 Å². The Bertz CT molecular complexity index is 945. The van der Waals surface area contributed by atoms with Crippen molar-refractivity contribution in [1.29, 1.82) is 5.26 Å². The van der Waals surface area contributed by atoms with Crippen molar-refractivity contribution >= 4 is 38.9 Å². The number of benzene rings is 2. The summed E-state index contributed by atoms with van der Waals surface area (Å²) in [5.74, 6) is 0. The highest BCUT2D eigenvalue weighted by molar-refractivity contribution is 7.19. The van der Waals surface area contributed by atoms with Crippen LogP contribution < -0.4 is 4.90 Å². The van der Waals surface area contributed by atoms with E-state index in [9.17, 15) is 5.26 Å². The largest absolute Gasteiger partial charge is 0.374 e. The number of hydrogen-bond donors (Lipinski definition) is 0. The Hall–Kier alpha value is -2.64. The quantitative estimate of drug-likeness (QED) is 0.637. The fraction of sp³-hybridized carbons (Fsp3) is 0.200. The van der Waals surface area contributed by atoms with Crippen LogP contribution in [-0.4, -0.2) is 18.6 Å². The molecule has 0 N–H and O–H groups in total. The number of thiazole rings is 1. The first-order valence-electron chi connectivity index (χ1n) is 8.06. The molecular formula is C20H17N3S. The van der Waals surface area contributed by atoms with Crippen LogP contribution in [0.1, 0.15) is 22.6 Å². The molecule has 0 atom stereocenters. The number of para-hydroxylation sites is 1. The summed E-state index contributed by atoms with van der Waals surface area (Å²) >= 11 is 1.57. The van der Waals surface area contributed by atoms with Gasteiger partial charge in [-0.3, -0.25) is 0 Å². The Morgan fingerprint density at radius 1 is 1.29 bits per heavy atom. The van der Waals surface area contributed by atoms with Crippen LogP contribution in [-0.2, 0) is 6.42 Å². The van der Waals surface area contributed by atoms with Crippen LogP contribution in [0, 0.1) is 11.3 Å². The zero-order valence-electron chi connectivity index (χ0n) is 13.5. The topological polar surface area (TPSA) is 39.9 Å². The van der Waals surface area contributed by atoms with E-state index >= 15 is 0 Å². The summed E-state index contributed by atoms with van der Waals surface area (Å²) in [5.41, 5.74) is 5.31. The van der Waals surface area contributed by atoms with Crippen molar-refractivity contribution in [3.05, 3.63) is 58.6 Å². The maximum atomic E-state index is 9.59. The van der Waals surface area contributed by atoms with Gasteiger partial charge in [-0.2, -0.15) is 5.26 Å². The van der Waals surface area contributed by atoms with Gasteiger partial charge in [-0.1, -0.05) is 18.2 Å². The van der Waals surface area contributed by atoms with Crippen LogP contribution in [0.5, 0.6) is 0 Å². The molecule has 0 radical (unpaired) electrons. The smallest absolute Gasteiger partial charge is 0.135 e. The zero-order valence-corrected chi connectivity index (χ0v) is 14.3. The molecule has 0 saturated heterocycles. The minimum atomic E-state index is 0.625. The van der Waals surface area contributed by atoms with E-state index in [1.807, 2.05) is 30.3 Å². The number of nitriles is 1. The SMILES string of the molecule is CN1CCCc2cc(C=C(C#N)c3nc4ccccc4s3)ccc21. The molecule has 24 heavy (non-hydrogen) atoms. The van der Waals surface area contributed by atoms with Crippen LogP contribution >= 0.6 is 11.3 Å². The standard InChI is InChI=1S/C20H17N3S/c1-23-10-4-5-15-11-14(8-9-18(15)23)12-16(13-21)20-22-17-6-2-3-7-19(17)24-20/h2-3,6-9,11-12H,4-5,10H2,1H3. The number of rotatable bonds is 2. The van der Waals surface area contributed by atoms with E-state index in [0.717, 1.165) is 33.8 Å². The Morgan fingerprint density at radius 2 is 2.17 bits per heavy atom. The molecule has 0 saturated carbocycles. The van der Waals surface area contributed by atoms with Gasteiger partial charge in [0.1, 0.15) is 11.1 Å². The van der Waals surface area contributed by atoms with E-state index in [1.54, 1.807) is 11.3 Å². The molecule has 118 valence electrons. The van der Waals surface area contributed by atoms with E-state index in [4.69, 9.17) is 0 Å². The zero-order chi connectivity index (χ0) is 16.5. The van der Waals surface area contributed by atoms with Gasteiger partial charge in [-0.15, -0.1) is 11.3 Å². The fourth-order valence-corrected chi connectivity index (χ4v) is 4.12. The van der Waals surface area contributed by atoms with Gasteiger partial charge in [0.2, 0.25) is 0 Å². The molecule has 3 nitrogen and oxygen atoms in total. The highest BCUT2D eigenvalue weighted by Gasteiger charge is 2.14. The highest BCUT2D eigenvalue weighted by atomic mass is 32.1. The van der Waals surface area contributed by atoms with Gasteiger partial charge in [-0.05, 0) is 54.3 Å². The van der Waals surface area contributed by atoms with Gasteiger partial charge < -0.3 is 4.90 Å². The molecular weight excluding hydrogens is 314 g/mol. The van der Waals surface area contributed by atoms with Crippen molar-refractivity contribution in [1.82, 2.24) is 4.98 Å². The molecule has 0 aliphatic carbocycles. The lowest BCUT2D eigenvalue weighted by atomic mass is 9.99. The summed E-state index contributed by atoms with van der Waals surface area (Å²) in [6.07, 6.45) is 4.23. The monoisotopic (exact) mass is 331 g/mol. The summed E-state index contributed by atoms with van der Waals surface area (Å²) in [6.45, 7) is 1.11. The minimum Gasteiger partial charge on any atom is -0.374 e. The van der Waals surface area contributed by atoms with E-state index in [-0.39, 0.29) is 0 Å². The highest BCUT2D eigenvalue weighted by Crippen LogP contribution is 2.30. The Kier molecular flexibility index (Phi) is 3.79. The number of nitrogens with zero attached hydrogens (tertiary/aromatic N) is 3. The second-order valence-corrected chi connectivity index (χ2v) is 7.10. The summed E-state index contributed by atoms with van der Waals surface area (Å²) in [4.78, 5) is 6.90. The van der Waals surface area contributed by atoms with Crippen molar-refractivity contribution in [3.8, 4) is 6.07 Å². The van der Waals surface area contributed by atoms with Crippen molar-refractivity contribution in [2.24, 2.45) is 0 Å². The Labute approximate surface area is 145 Å². The fourth-order valence-electron chi connectivity index (χ4n) is 3.19. The predicted molar refractivity (Wildman–Crippen MR) is 101 cm³/mol. The normalized spacial score (nSPS) is 14.5. The van der Waals surface area contributed by atoms with Crippen LogP contribution in [0.4, 0.5) is 5.69 Å². The molecule has 0 unspecified atom stereocenters. The molecule has 3 aromatic rings. The first kappa shape index (κ1) is 14.9. The molecule has 0 amide bonds. The third-order valence-electron chi connectivity index (χ3n) is 4.41. The third kappa shape index (κ3) is 2.68. The molecule has 0 bridgehead atoms. The van der Waals surface area contributed by atoms with Crippen molar-refractivity contribution in [2.45, 2.75) is 12.8 Å². The number of hydrogen-bond acceptors (Lipinski definition) is 4. The van der Waals surface area contributed by atoms with Crippen molar-refractivity contribution in [3.63, 3.8) is 0 Å². The van der Waals surface area contributed by atoms with E-state index in [1.165, 1.54) is 17.7 Å². The maximum Gasteiger partial charge on any atom is 0.135 e. The molecule has 0 spiro atoms. The van der Waals surface area contributed by atoms with Crippen molar-refractivity contribution in [2.75, 3.05) is 18.5 Å². The van der Waals surface area contributed by atoms with Crippen LogP contribution in [0.2, 0.25) is 0 Å². The number of aryl methyl sites for hydroxylation is 1. The van der Waals surface area contributed by atoms with E-state index < -0.39 is 0 Å². The van der Waals surface area contributed by atoms with Crippen LogP contribution in [0.3, 0.4) is 0 Å². The molecule has 0 fully saturated rings. The summed E-state index contributed by atoms with van der Waals surface area (Å²) in [6, 6.07) is 16.8. The molecule has 2 aromatic carbocycles. The lowest BCUT2D eigenvalue weighted by Crippen LogP contribution is -2.24. The molecule has 1 aromatic heterocycles. The number of allylic oxidation sites excluding steroid dienone is 1. The second kappa shape index (κ2) is 6.10. The van der Waals surface area contributed by atoms with Gasteiger partial charge in [0.25, 0.3) is 0 Å². The van der Waals surface area contributed by atoms with Gasteiger partial charge in [0.15, 0.2) is 0 Å². The molecule has 4 heteroatoms. The first-order valence-corrected chi connectivity index (χ1v) is 8.88. The first-order chi connectivity index (χ1) is 11.7. The second-order valence-electron chi connectivity index (χ2n) is 6.07. The average molecular weight is 331 g/mol. The number of anilines is 1. The van der Waals surface area contributed by atoms with Crippen LogP contribution in [0.25, 0.3) is 21.9 Å². The summed E-state index contributed by atoms with van der Waals surface area (Å²) in [7, 11) is 2.13. The van der Waals surface area contributed by atoms with Gasteiger partial charge in [0, 0.05) is 19.3 Å². The minimum absolute atomic E-state index is 0.625. The maximum absolute atomic E-state index is 9.59. The summed E-state index contributed by atoms with van der Waals surface area (Å²) in [5, 5.41) is 10.4. The molecule has 4 rings (SSSR count). The summed E-state index contributed by atoms with van der Waals surface area (Å²) < 4.78 is 1.11. The van der Waals surface area contributed by atoms with E-state index in [2.05, 4.69) is 41.2 Å². The Morgan fingerprint density at radius 3 is 3.00 bits per heavy atom. The number of aromatic nitrogens is 1.